The zero-order valence-corrected chi connectivity index (χ0v) is 14.1. The number of nitrogens with zero attached hydrogens (tertiary/aromatic N) is 1. The molecule has 3 atom stereocenters. The van der Waals surface area contributed by atoms with Gasteiger partial charge in [-0.3, -0.25) is 4.90 Å². The van der Waals surface area contributed by atoms with E-state index in [2.05, 4.69) is 72.5 Å². The third-order valence-electron chi connectivity index (χ3n) is 5.25. The Balaban J connectivity index is 1.80. The molecule has 1 saturated carbocycles. The third kappa shape index (κ3) is 4.21. The van der Waals surface area contributed by atoms with Crippen molar-refractivity contribution in [2.45, 2.75) is 51.4 Å². The van der Waals surface area contributed by atoms with E-state index >= 15 is 0 Å². The molecule has 1 aliphatic carbocycles. The summed E-state index contributed by atoms with van der Waals surface area (Å²) in [6.07, 6.45) is 3.67. The normalized spacial score (nSPS) is 24.7. The van der Waals surface area contributed by atoms with Crippen LogP contribution in [-0.4, -0.2) is 17.0 Å². The van der Waals surface area contributed by atoms with E-state index in [1.165, 1.54) is 30.4 Å². The van der Waals surface area contributed by atoms with E-state index in [0.29, 0.717) is 18.0 Å². The van der Waals surface area contributed by atoms with Crippen molar-refractivity contribution in [3.8, 4) is 0 Å². The minimum absolute atomic E-state index is 0.336. The third-order valence-corrected chi connectivity index (χ3v) is 5.25. The Hall–Kier alpha value is -1.64. The van der Waals surface area contributed by atoms with Gasteiger partial charge in [-0.25, -0.2) is 0 Å². The quantitative estimate of drug-likeness (QED) is 0.896. The van der Waals surface area contributed by atoms with Crippen LogP contribution in [0.25, 0.3) is 0 Å². The molecule has 0 aromatic heterocycles. The lowest BCUT2D eigenvalue weighted by Gasteiger charge is -2.41. The van der Waals surface area contributed by atoms with Crippen LogP contribution in [0.4, 0.5) is 0 Å². The molecule has 2 aromatic rings. The molecule has 0 amide bonds. The monoisotopic (exact) mass is 308 g/mol. The summed E-state index contributed by atoms with van der Waals surface area (Å²) in [4.78, 5) is 2.63. The van der Waals surface area contributed by atoms with Gasteiger partial charge in [-0.1, -0.05) is 74.0 Å². The van der Waals surface area contributed by atoms with Gasteiger partial charge in [-0.15, -0.1) is 0 Å². The van der Waals surface area contributed by atoms with Gasteiger partial charge in [0.1, 0.15) is 0 Å². The van der Waals surface area contributed by atoms with Crippen LogP contribution < -0.4 is 5.73 Å². The van der Waals surface area contributed by atoms with Crippen molar-refractivity contribution in [3.63, 3.8) is 0 Å². The zero-order chi connectivity index (χ0) is 16.1. The van der Waals surface area contributed by atoms with E-state index in [1.54, 1.807) is 0 Å². The Morgan fingerprint density at radius 2 is 1.39 bits per heavy atom. The van der Waals surface area contributed by atoms with Gasteiger partial charge in [0.2, 0.25) is 0 Å². The molecule has 0 bridgehead atoms. The SMILES string of the molecule is CC1C(N)CCCC1N(Cc1ccccc1)Cc1ccccc1. The molecule has 1 fully saturated rings. The van der Waals surface area contributed by atoms with Crippen molar-refractivity contribution in [1.82, 2.24) is 4.90 Å². The summed E-state index contributed by atoms with van der Waals surface area (Å²) in [5.41, 5.74) is 9.13. The minimum atomic E-state index is 0.336. The van der Waals surface area contributed by atoms with Crippen LogP contribution in [0.1, 0.15) is 37.3 Å². The first-order chi connectivity index (χ1) is 11.2. The highest BCUT2D eigenvalue weighted by atomic mass is 15.2. The van der Waals surface area contributed by atoms with Crippen molar-refractivity contribution in [2.24, 2.45) is 11.7 Å². The standard InChI is InChI=1S/C21H28N2/c1-17-20(22)13-8-14-21(17)23(15-18-9-4-2-5-10-18)16-19-11-6-3-7-12-19/h2-7,9-12,17,20-21H,8,13-16,22H2,1H3. The van der Waals surface area contributed by atoms with Crippen LogP contribution in [0.15, 0.2) is 60.7 Å². The molecule has 2 nitrogen and oxygen atoms in total. The summed E-state index contributed by atoms with van der Waals surface area (Å²) < 4.78 is 0. The van der Waals surface area contributed by atoms with Crippen molar-refractivity contribution >= 4 is 0 Å². The van der Waals surface area contributed by atoms with Crippen molar-refractivity contribution in [3.05, 3.63) is 71.8 Å². The first kappa shape index (κ1) is 16.2. The Labute approximate surface area is 140 Å². The van der Waals surface area contributed by atoms with Gasteiger partial charge in [0.25, 0.3) is 0 Å². The Kier molecular flexibility index (Phi) is 5.47. The summed E-state index contributed by atoms with van der Waals surface area (Å²) in [5.74, 6) is 0.552. The maximum absolute atomic E-state index is 6.37. The van der Waals surface area contributed by atoms with E-state index in [0.717, 1.165) is 13.1 Å². The molecule has 0 radical (unpaired) electrons. The van der Waals surface area contributed by atoms with Crippen molar-refractivity contribution in [2.75, 3.05) is 0 Å². The van der Waals surface area contributed by atoms with E-state index in [4.69, 9.17) is 5.73 Å². The minimum Gasteiger partial charge on any atom is -0.327 e. The lowest BCUT2D eigenvalue weighted by molar-refractivity contribution is 0.0858. The first-order valence-electron chi connectivity index (χ1n) is 8.81. The molecule has 122 valence electrons. The molecule has 2 aromatic carbocycles. The van der Waals surface area contributed by atoms with Crippen LogP contribution in [0, 0.1) is 5.92 Å². The van der Waals surface area contributed by atoms with E-state index in [1.807, 2.05) is 0 Å². The second-order valence-corrected chi connectivity index (χ2v) is 6.90. The highest BCUT2D eigenvalue weighted by Crippen LogP contribution is 2.29. The van der Waals surface area contributed by atoms with E-state index < -0.39 is 0 Å². The summed E-state index contributed by atoms with van der Waals surface area (Å²) in [6.45, 7) is 4.33. The molecular weight excluding hydrogens is 280 g/mol. The van der Waals surface area contributed by atoms with Crippen molar-refractivity contribution in [1.29, 1.82) is 0 Å². The summed E-state index contributed by atoms with van der Waals surface area (Å²) >= 11 is 0. The van der Waals surface area contributed by atoms with E-state index in [-0.39, 0.29) is 0 Å². The lowest BCUT2D eigenvalue weighted by Crippen LogP contribution is -2.48. The maximum Gasteiger partial charge on any atom is 0.0240 e. The topological polar surface area (TPSA) is 29.3 Å². The molecule has 0 saturated heterocycles. The Morgan fingerprint density at radius 1 is 0.870 bits per heavy atom. The number of nitrogens with two attached hydrogens (primary N) is 1. The average Bonchev–Trinajstić information content (AvgIpc) is 2.59. The molecular formula is C21H28N2. The number of benzene rings is 2. The number of rotatable bonds is 5. The van der Waals surface area contributed by atoms with Gasteiger partial charge in [0.05, 0.1) is 0 Å². The van der Waals surface area contributed by atoms with Gasteiger partial charge in [0.15, 0.2) is 0 Å². The predicted octanol–water partition coefficient (Wildman–Crippen LogP) is 4.20. The molecule has 1 aliphatic rings. The average molecular weight is 308 g/mol. The Morgan fingerprint density at radius 3 is 1.91 bits per heavy atom. The molecule has 0 aliphatic heterocycles. The zero-order valence-electron chi connectivity index (χ0n) is 14.1. The molecule has 0 heterocycles. The maximum atomic E-state index is 6.37. The fraction of sp³-hybridized carbons (Fsp3) is 0.429. The van der Waals surface area contributed by atoms with E-state index in [9.17, 15) is 0 Å². The number of hydrogen-bond acceptors (Lipinski definition) is 2. The summed E-state index contributed by atoms with van der Waals surface area (Å²) in [7, 11) is 0. The van der Waals surface area contributed by atoms with Gasteiger partial charge < -0.3 is 5.73 Å². The first-order valence-corrected chi connectivity index (χ1v) is 8.81. The van der Waals surface area contributed by atoms with Gasteiger partial charge in [-0.05, 0) is 29.9 Å². The lowest BCUT2D eigenvalue weighted by atomic mass is 9.81. The molecule has 2 N–H and O–H groups in total. The predicted molar refractivity (Wildman–Crippen MR) is 96.9 cm³/mol. The van der Waals surface area contributed by atoms with Crippen LogP contribution in [0.2, 0.25) is 0 Å². The van der Waals surface area contributed by atoms with Gasteiger partial charge in [-0.2, -0.15) is 0 Å². The highest BCUT2D eigenvalue weighted by molar-refractivity contribution is 5.17. The van der Waals surface area contributed by atoms with Gasteiger partial charge in [0, 0.05) is 25.2 Å². The van der Waals surface area contributed by atoms with Crippen LogP contribution in [-0.2, 0) is 13.1 Å². The summed E-state index contributed by atoms with van der Waals surface area (Å²) in [5, 5.41) is 0. The summed E-state index contributed by atoms with van der Waals surface area (Å²) in [6, 6.07) is 22.5. The highest BCUT2D eigenvalue weighted by Gasteiger charge is 2.31. The molecule has 2 heteroatoms. The fourth-order valence-corrected chi connectivity index (χ4v) is 3.82. The molecule has 3 rings (SSSR count). The second-order valence-electron chi connectivity index (χ2n) is 6.90. The fourth-order valence-electron chi connectivity index (χ4n) is 3.82. The molecule has 3 unspecified atom stereocenters. The second kappa shape index (κ2) is 7.76. The van der Waals surface area contributed by atoms with Crippen molar-refractivity contribution < 1.29 is 0 Å². The largest absolute Gasteiger partial charge is 0.327 e. The molecule has 0 spiro atoms. The Bertz CT molecular complexity index is 540. The number of hydrogen-bond donors (Lipinski definition) is 1. The molecule has 23 heavy (non-hydrogen) atoms. The van der Waals surface area contributed by atoms with Crippen LogP contribution >= 0.6 is 0 Å². The van der Waals surface area contributed by atoms with Crippen LogP contribution in [0.5, 0.6) is 0 Å². The van der Waals surface area contributed by atoms with Gasteiger partial charge >= 0.3 is 0 Å². The smallest absolute Gasteiger partial charge is 0.0240 e. The van der Waals surface area contributed by atoms with Crippen LogP contribution in [0.3, 0.4) is 0 Å².